The van der Waals surface area contributed by atoms with E-state index in [2.05, 4.69) is 5.16 Å². The Morgan fingerprint density at radius 1 is 0.882 bits per heavy atom. The molecule has 3 heterocycles. The minimum Gasteiger partial charge on any atom is -0.400 e. The summed E-state index contributed by atoms with van der Waals surface area (Å²) in [6.45, 7) is 0.474. The van der Waals surface area contributed by atoms with E-state index in [1.807, 2.05) is 72.8 Å². The first-order chi connectivity index (χ1) is 16.5. The van der Waals surface area contributed by atoms with Gasteiger partial charge in [-0.2, -0.15) is 4.98 Å². The van der Waals surface area contributed by atoms with Crippen LogP contribution in [0.25, 0.3) is 22.2 Å². The van der Waals surface area contributed by atoms with Crippen molar-refractivity contribution >= 4 is 22.7 Å². The second-order valence-electron chi connectivity index (χ2n) is 8.74. The highest BCUT2D eigenvalue weighted by atomic mass is 16.8. The zero-order valence-electron chi connectivity index (χ0n) is 18.4. The average molecular weight is 455 g/mol. The number of rotatable bonds is 3. The summed E-state index contributed by atoms with van der Waals surface area (Å²) in [5.74, 6) is -2.69. The number of ether oxygens (including phenoxy) is 2. The molecule has 2 aliphatic heterocycles. The second kappa shape index (κ2) is 7.50. The van der Waals surface area contributed by atoms with Crippen molar-refractivity contribution in [2.24, 2.45) is 0 Å². The molecule has 1 aromatic heterocycles. The number of likely N-dealkylation sites (tertiary alicyclic amines) is 1. The molecule has 0 amide bonds. The van der Waals surface area contributed by atoms with Crippen LogP contribution in [0, 0.1) is 0 Å². The zero-order valence-corrected chi connectivity index (χ0v) is 18.4. The van der Waals surface area contributed by atoms with Gasteiger partial charge < -0.3 is 14.0 Å². The van der Waals surface area contributed by atoms with Crippen molar-refractivity contribution in [2.45, 2.75) is 24.2 Å². The first kappa shape index (κ1) is 20.6. The number of fused-ring (bicyclic) bond motifs is 1. The maximum atomic E-state index is 12.0. The highest BCUT2D eigenvalue weighted by molar-refractivity contribution is 6.31. The normalized spacial score (nSPS) is 22.1. The second-order valence-corrected chi connectivity index (χ2v) is 8.74. The molecule has 8 heteroatoms. The lowest BCUT2D eigenvalue weighted by molar-refractivity contribution is -0.266. The molecule has 3 aromatic carbocycles. The van der Waals surface area contributed by atoms with Crippen molar-refractivity contribution in [3.05, 3.63) is 84.3 Å². The number of hydrogen-bond acceptors (Lipinski definition) is 8. The Labute approximate surface area is 195 Å². The van der Waals surface area contributed by atoms with Gasteiger partial charge in [-0.25, -0.2) is 14.5 Å². The van der Waals surface area contributed by atoms with Crippen molar-refractivity contribution in [1.82, 2.24) is 15.0 Å². The molecule has 0 aliphatic carbocycles. The van der Waals surface area contributed by atoms with E-state index < -0.39 is 23.3 Å². The minimum atomic E-state index is -1.53. The SMILES string of the molecule is CN1CCC(c2ccccc2)(c2nc(-c3cccc4ccccc34)no2)CC12OC(=O)C(=O)O2. The van der Waals surface area contributed by atoms with Gasteiger partial charge in [0.25, 0.3) is 0 Å². The van der Waals surface area contributed by atoms with Gasteiger partial charge in [0, 0.05) is 12.1 Å². The Morgan fingerprint density at radius 3 is 2.38 bits per heavy atom. The number of aromatic nitrogens is 2. The molecule has 4 aromatic rings. The maximum absolute atomic E-state index is 12.0. The van der Waals surface area contributed by atoms with Gasteiger partial charge in [0.2, 0.25) is 11.7 Å². The topological polar surface area (TPSA) is 94.8 Å². The van der Waals surface area contributed by atoms with Crippen LogP contribution in [0.4, 0.5) is 0 Å². The maximum Gasteiger partial charge on any atom is 0.421 e. The molecule has 2 aliphatic rings. The third-order valence-corrected chi connectivity index (χ3v) is 6.84. The van der Waals surface area contributed by atoms with Gasteiger partial charge in [0.1, 0.15) is 0 Å². The van der Waals surface area contributed by atoms with Gasteiger partial charge in [0.15, 0.2) is 0 Å². The van der Waals surface area contributed by atoms with Crippen LogP contribution >= 0.6 is 0 Å². The van der Waals surface area contributed by atoms with E-state index in [1.165, 1.54) is 0 Å². The lowest BCUT2D eigenvalue weighted by Gasteiger charge is -2.46. The molecular weight excluding hydrogens is 434 g/mol. The summed E-state index contributed by atoms with van der Waals surface area (Å²) in [6, 6.07) is 23.7. The number of carbonyl (C=O) groups is 2. The van der Waals surface area contributed by atoms with E-state index >= 15 is 0 Å². The first-order valence-corrected chi connectivity index (χ1v) is 11.1. The van der Waals surface area contributed by atoms with Crippen LogP contribution in [0.2, 0.25) is 0 Å². The number of nitrogens with zero attached hydrogens (tertiary/aromatic N) is 3. The largest absolute Gasteiger partial charge is 0.421 e. The van der Waals surface area contributed by atoms with Gasteiger partial charge >= 0.3 is 17.8 Å². The third kappa shape index (κ3) is 3.03. The van der Waals surface area contributed by atoms with Gasteiger partial charge in [0.05, 0.1) is 11.8 Å². The average Bonchev–Trinajstić information content (AvgIpc) is 3.47. The molecule has 0 radical (unpaired) electrons. The predicted octanol–water partition coefficient (Wildman–Crippen LogP) is 3.66. The van der Waals surface area contributed by atoms with Gasteiger partial charge in [-0.3, -0.25) is 0 Å². The summed E-state index contributed by atoms with van der Waals surface area (Å²) in [6.07, 6.45) is 0.733. The number of benzene rings is 3. The van der Waals surface area contributed by atoms with Crippen molar-refractivity contribution < 1.29 is 23.6 Å². The lowest BCUT2D eigenvalue weighted by Crippen LogP contribution is -2.58. The summed E-state index contributed by atoms with van der Waals surface area (Å²) in [7, 11) is 1.76. The minimum absolute atomic E-state index is 0.134. The number of hydrogen-bond donors (Lipinski definition) is 0. The highest BCUT2D eigenvalue weighted by Crippen LogP contribution is 2.49. The molecule has 8 nitrogen and oxygen atoms in total. The Bertz CT molecular complexity index is 1400. The number of carbonyl (C=O) groups excluding carboxylic acids is 2. The van der Waals surface area contributed by atoms with Crippen LogP contribution in [-0.2, 0) is 24.5 Å². The fraction of sp³-hybridized carbons (Fsp3) is 0.231. The van der Waals surface area contributed by atoms with E-state index in [9.17, 15) is 9.59 Å². The van der Waals surface area contributed by atoms with Crippen LogP contribution in [0.15, 0.2) is 77.3 Å². The fourth-order valence-electron chi connectivity index (χ4n) is 5.01. The lowest BCUT2D eigenvalue weighted by atomic mass is 9.71. The molecule has 170 valence electrons. The summed E-state index contributed by atoms with van der Waals surface area (Å²) in [5, 5.41) is 6.43. The molecule has 1 unspecified atom stereocenters. The van der Waals surface area contributed by atoms with Gasteiger partial charge in [-0.1, -0.05) is 78.0 Å². The molecule has 0 N–H and O–H groups in total. The van der Waals surface area contributed by atoms with Crippen LogP contribution in [0.1, 0.15) is 24.3 Å². The van der Waals surface area contributed by atoms with Crippen LogP contribution in [0.5, 0.6) is 0 Å². The molecule has 1 atom stereocenters. The summed E-state index contributed by atoms with van der Waals surface area (Å²) < 4.78 is 16.9. The van der Waals surface area contributed by atoms with Crippen molar-refractivity contribution in [2.75, 3.05) is 13.6 Å². The number of esters is 2. The Kier molecular flexibility index (Phi) is 4.53. The van der Waals surface area contributed by atoms with E-state index in [1.54, 1.807) is 11.9 Å². The molecular formula is C26H21N3O5. The monoisotopic (exact) mass is 455 g/mol. The summed E-state index contributed by atoms with van der Waals surface area (Å²) in [4.78, 5) is 30.6. The molecule has 2 fully saturated rings. The van der Waals surface area contributed by atoms with Gasteiger partial charge in [-0.05, 0) is 29.8 Å². The van der Waals surface area contributed by atoms with Crippen LogP contribution in [-0.4, -0.2) is 46.5 Å². The standard InChI is InChI=1S/C26H21N3O5/c1-29-15-14-25(18-10-3-2-4-11-18,16-26(29)32-22(30)23(31)33-26)24-27-21(28-34-24)20-13-7-9-17-8-5-6-12-19(17)20/h2-13H,14-16H2,1H3. The Morgan fingerprint density at radius 2 is 1.59 bits per heavy atom. The summed E-state index contributed by atoms with van der Waals surface area (Å²) in [5.41, 5.74) is 0.946. The molecule has 0 bridgehead atoms. The molecule has 2 saturated heterocycles. The van der Waals surface area contributed by atoms with Crippen molar-refractivity contribution in [1.29, 1.82) is 0 Å². The molecule has 1 spiro atoms. The molecule has 0 saturated carbocycles. The van der Waals surface area contributed by atoms with Crippen molar-refractivity contribution in [3.8, 4) is 11.4 Å². The van der Waals surface area contributed by atoms with Gasteiger partial charge in [-0.15, -0.1) is 0 Å². The summed E-state index contributed by atoms with van der Waals surface area (Å²) >= 11 is 0. The van der Waals surface area contributed by atoms with Crippen LogP contribution < -0.4 is 0 Å². The quantitative estimate of drug-likeness (QED) is 0.341. The molecule has 34 heavy (non-hydrogen) atoms. The first-order valence-electron chi connectivity index (χ1n) is 11.1. The highest BCUT2D eigenvalue weighted by Gasteiger charge is 2.61. The van der Waals surface area contributed by atoms with E-state index in [4.69, 9.17) is 19.0 Å². The predicted molar refractivity (Wildman–Crippen MR) is 121 cm³/mol. The van der Waals surface area contributed by atoms with E-state index in [0.717, 1.165) is 21.9 Å². The third-order valence-electron chi connectivity index (χ3n) is 6.84. The number of piperidine rings is 1. The Hall–Kier alpha value is -4.04. The fourth-order valence-corrected chi connectivity index (χ4v) is 5.01. The molecule has 6 rings (SSSR count). The smallest absolute Gasteiger partial charge is 0.400 e. The van der Waals surface area contributed by atoms with E-state index in [-0.39, 0.29) is 6.42 Å². The Balaban J connectivity index is 1.49. The van der Waals surface area contributed by atoms with E-state index in [0.29, 0.717) is 24.7 Å². The zero-order chi connectivity index (χ0) is 23.3. The van der Waals surface area contributed by atoms with Crippen molar-refractivity contribution in [3.63, 3.8) is 0 Å². The van der Waals surface area contributed by atoms with Crippen LogP contribution in [0.3, 0.4) is 0 Å².